The number of methoxy groups -OCH3 is 1. The number of fused-ring (bicyclic) bond motifs is 1. The number of rotatable bonds is 8. The molecule has 3 aromatic carbocycles. The van der Waals surface area contributed by atoms with E-state index in [4.69, 9.17) is 4.74 Å². The van der Waals surface area contributed by atoms with E-state index < -0.39 is 22.5 Å². The van der Waals surface area contributed by atoms with E-state index in [-0.39, 0.29) is 10.8 Å². The first-order chi connectivity index (χ1) is 17.3. The van der Waals surface area contributed by atoms with Gasteiger partial charge in [-0.25, -0.2) is 8.42 Å². The molecule has 0 bridgehead atoms. The fourth-order valence-electron chi connectivity index (χ4n) is 3.71. The lowest BCUT2D eigenvalue weighted by Gasteiger charge is -2.25. The van der Waals surface area contributed by atoms with Crippen molar-refractivity contribution in [1.29, 1.82) is 0 Å². The molecule has 0 radical (unpaired) electrons. The lowest BCUT2D eigenvalue weighted by Crippen LogP contribution is -2.38. The standard InChI is InChI=1S/C26H24N4O5S/c1-18(31)28-20-6-4-7-21(15-20)29-26(32)17-30(22-9-11-23(35-2)12-10-22)36(33,34)25-8-3-5-19-16-27-14-13-24(19)25/h3-16H,17H2,1-2H3,(H,28,31)(H,29,32). The van der Waals surface area contributed by atoms with Crippen LogP contribution in [0.25, 0.3) is 10.8 Å². The largest absolute Gasteiger partial charge is 0.497 e. The maximum absolute atomic E-state index is 13.9. The first kappa shape index (κ1) is 24.7. The number of anilines is 3. The zero-order valence-corrected chi connectivity index (χ0v) is 20.5. The Kier molecular flexibility index (Phi) is 7.16. The Balaban J connectivity index is 1.70. The summed E-state index contributed by atoms with van der Waals surface area (Å²) in [5.74, 6) is -0.261. The van der Waals surface area contributed by atoms with Crippen molar-refractivity contribution in [2.24, 2.45) is 0 Å². The molecule has 0 spiro atoms. The predicted molar refractivity (Wildman–Crippen MR) is 139 cm³/mol. The van der Waals surface area contributed by atoms with Gasteiger partial charge in [0.05, 0.1) is 17.7 Å². The molecule has 1 heterocycles. The minimum absolute atomic E-state index is 0.0543. The minimum atomic E-state index is -4.16. The summed E-state index contributed by atoms with van der Waals surface area (Å²) in [5.41, 5.74) is 1.21. The summed E-state index contributed by atoms with van der Waals surface area (Å²) < 4.78 is 34.1. The monoisotopic (exact) mass is 504 g/mol. The van der Waals surface area contributed by atoms with Gasteiger partial charge in [0.1, 0.15) is 12.3 Å². The lowest BCUT2D eigenvalue weighted by atomic mass is 10.2. The number of pyridine rings is 1. The van der Waals surface area contributed by atoms with E-state index >= 15 is 0 Å². The van der Waals surface area contributed by atoms with Gasteiger partial charge in [0, 0.05) is 41.5 Å². The third-order valence-electron chi connectivity index (χ3n) is 5.32. The molecule has 0 aliphatic carbocycles. The first-order valence-electron chi connectivity index (χ1n) is 10.9. The number of carbonyl (C=O) groups excluding carboxylic acids is 2. The van der Waals surface area contributed by atoms with Crippen LogP contribution in [0.3, 0.4) is 0 Å². The highest BCUT2D eigenvalue weighted by atomic mass is 32.2. The van der Waals surface area contributed by atoms with Gasteiger partial charge in [0.15, 0.2) is 0 Å². The molecule has 0 unspecified atom stereocenters. The third kappa shape index (κ3) is 5.44. The van der Waals surface area contributed by atoms with Crippen molar-refractivity contribution in [2.75, 3.05) is 28.6 Å². The van der Waals surface area contributed by atoms with Gasteiger partial charge in [-0.15, -0.1) is 0 Å². The molecule has 9 nitrogen and oxygen atoms in total. The van der Waals surface area contributed by atoms with Crippen LogP contribution in [0.15, 0.2) is 90.1 Å². The summed E-state index contributed by atoms with van der Waals surface area (Å²) in [4.78, 5) is 28.5. The molecule has 36 heavy (non-hydrogen) atoms. The van der Waals surface area contributed by atoms with Gasteiger partial charge >= 0.3 is 0 Å². The third-order valence-corrected chi connectivity index (χ3v) is 7.16. The SMILES string of the molecule is COc1ccc(N(CC(=O)Nc2cccc(NC(C)=O)c2)S(=O)(=O)c2cccc3cnccc23)cc1. The van der Waals surface area contributed by atoms with Crippen molar-refractivity contribution >= 4 is 49.7 Å². The van der Waals surface area contributed by atoms with Crippen molar-refractivity contribution in [3.63, 3.8) is 0 Å². The van der Waals surface area contributed by atoms with Gasteiger partial charge in [-0.2, -0.15) is 0 Å². The van der Waals surface area contributed by atoms with Gasteiger partial charge in [0.25, 0.3) is 10.0 Å². The van der Waals surface area contributed by atoms with Gasteiger partial charge in [-0.1, -0.05) is 18.2 Å². The number of nitrogens with zero attached hydrogens (tertiary/aromatic N) is 2. The van der Waals surface area contributed by atoms with E-state index in [1.165, 1.54) is 26.3 Å². The second kappa shape index (κ2) is 10.4. The van der Waals surface area contributed by atoms with Crippen molar-refractivity contribution in [2.45, 2.75) is 11.8 Å². The summed E-state index contributed by atoms with van der Waals surface area (Å²) in [7, 11) is -2.65. The fourth-order valence-corrected chi connectivity index (χ4v) is 5.35. The predicted octanol–water partition coefficient (Wildman–Crippen LogP) is 4.04. The minimum Gasteiger partial charge on any atom is -0.497 e. The van der Waals surface area contributed by atoms with Crippen LogP contribution in [0, 0.1) is 0 Å². The Morgan fingerprint density at radius 3 is 2.33 bits per heavy atom. The number of carbonyl (C=O) groups is 2. The fraction of sp³-hybridized carbons (Fsp3) is 0.115. The molecule has 2 N–H and O–H groups in total. The molecule has 4 rings (SSSR count). The Morgan fingerprint density at radius 2 is 1.64 bits per heavy atom. The van der Waals surface area contributed by atoms with Crippen molar-refractivity contribution < 1.29 is 22.7 Å². The lowest BCUT2D eigenvalue weighted by molar-refractivity contribution is -0.115. The van der Waals surface area contributed by atoms with Crippen LogP contribution >= 0.6 is 0 Å². The molecule has 0 fully saturated rings. The first-order valence-corrected chi connectivity index (χ1v) is 12.4. The van der Waals surface area contributed by atoms with Crippen LogP contribution in [0.1, 0.15) is 6.92 Å². The van der Waals surface area contributed by atoms with E-state index in [1.807, 2.05) is 0 Å². The van der Waals surface area contributed by atoms with Crippen LogP contribution in [0.4, 0.5) is 17.1 Å². The smallest absolute Gasteiger partial charge is 0.265 e. The summed E-state index contributed by atoms with van der Waals surface area (Å²) >= 11 is 0. The average Bonchev–Trinajstić information content (AvgIpc) is 2.87. The molecule has 0 atom stereocenters. The van der Waals surface area contributed by atoms with E-state index in [9.17, 15) is 18.0 Å². The Morgan fingerprint density at radius 1 is 0.944 bits per heavy atom. The quantitative estimate of drug-likeness (QED) is 0.374. The highest BCUT2D eigenvalue weighted by molar-refractivity contribution is 7.93. The summed E-state index contributed by atoms with van der Waals surface area (Å²) in [5, 5.41) is 6.51. The molecule has 0 saturated heterocycles. The number of benzene rings is 3. The number of amides is 2. The zero-order chi connectivity index (χ0) is 25.7. The summed E-state index contributed by atoms with van der Waals surface area (Å²) in [6.45, 7) is 0.896. The van der Waals surface area contributed by atoms with Crippen molar-refractivity contribution in [3.8, 4) is 5.75 Å². The van der Waals surface area contributed by atoms with Crippen LogP contribution < -0.4 is 19.7 Å². The van der Waals surface area contributed by atoms with E-state index in [0.717, 1.165) is 4.31 Å². The van der Waals surface area contributed by atoms with E-state index in [0.29, 0.717) is 33.6 Å². The molecule has 0 saturated carbocycles. The van der Waals surface area contributed by atoms with E-state index in [2.05, 4.69) is 15.6 Å². The van der Waals surface area contributed by atoms with Crippen LogP contribution in [0.2, 0.25) is 0 Å². The normalized spacial score (nSPS) is 11.1. The molecule has 2 amide bonds. The van der Waals surface area contributed by atoms with Gasteiger partial charge < -0.3 is 15.4 Å². The van der Waals surface area contributed by atoms with Gasteiger partial charge in [0.2, 0.25) is 11.8 Å². The van der Waals surface area contributed by atoms with Crippen LogP contribution in [-0.2, 0) is 19.6 Å². The van der Waals surface area contributed by atoms with Crippen molar-refractivity contribution in [3.05, 3.63) is 85.2 Å². The molecule has 1 aromatic heterocycles. The maximum atomic E-state index is 13.9. The number of ether oxygens (including phenoxy) is 1. The number of hydrogen-bond acceptors (Lipinski definition) is 6. The number of nitrogens with one attached hydrogen (secondary N) is 2. The Labute approximate surface area is 208 Å². The second-order valence-corrected chi connectivity index (χ2v) is 9.70. The van der Waals surface area contributed by atoms with E-state index in [1.54, 1.807) is 72.9 Å². The molecule has 184 valence electrons. The highest BCUT2D eigenvalue weighted by Gasteiger charge is 2.29. The zero-order valence-electron chi connectivity index (χ0n) is 19.6. The highest BCUT2D eigenvalue weighted by Crippen LogP contribution is 2.30. The Bertz CT molecular complexity index is 1520. The second-order valence-electron chi connectivity index (χ2n) is 7.87. The molecule has 4 aromatic rings. The molecular formula is C26H24N4O5S. The average molecular weight is 505 g/mol. The number of aromatic nitrogens is 1. The van der Waals surface area contributed by atoms with Crippen molar-refractivity contribution in [1.82, 2.24) is 4.98 Å². The Hall–Kier alpha value is -4.44. The summed E-state index contributed by atoms with van der Waals surface area (Å²) in [6, 6.07) is 19.5. The summed E-state index contributed by atoms with van der Waals surface area (Å²) in [6.07, 6.45) is 3.11. The topological polar surface area (TPSA) is 118 Å². The van der Waals surface area contributed by atoms with Crippen LogP contribution in [0.5, 0.6) is 5.75 Å². The molecule has 0 aliphatic heterocycles. The molecular weight excluding hydrogens is 480 g/mol. The maximum Gasteiger partial charge on any atom is 0.265 e. The van der Waals surface area contributed by atoms with Gasteiger partial charge in [-0.3, -0.25) is 18.9 Å². The molecule has 0 aliphatic rings. The van der Waals surface area contributed by atoms with Gasteiger partial charge in [-0.05, 0) is 54.6 Å². The number of hydrogen-bond donors (Lipinski definition) is 2. The number of sulfonamides is 1. The molecule has 10 heteroatoms. The van der Waals surface area contributed by atoms with Crippen LogP contribution in [-0.4, -0.2) is 38.9 Å².